The summed E-state index contributed by atoms with van der Waals surface area (Å²) in [5, 5.41) is 0. The first-order valence-corrected chi connectivity index (χ1v) is 6.75. The molecule has 1 atom stereocenters. The van der Waals surface area contributed by atoms with Crippen LogP contribution in [0, 0.1) is 0 Å². The second-order valence-corrected chi connectivity index (χ2v) is 6.23. The zero-order valence-electron chi connectivity index (χ0n) is 9.04. The summed E-state index contributed by atoms with van der Waals surface area (Å²) >= 11 is 0. The molecule has 0 saturated carbocycles. The average molecular weight is 221 g/mol. The number of nitrogens with two attached hydrogens (primary N) is 1. The third-order valence-electron chi connectivity index (χ3n) is 2.11. The standard InChI is InChI=1S/C9H19NO3S/c1-4-6-9(2,10)8(11)5-7-14(3,12)13/h4-7,10H2,1-3H3. The van der Waals surface area contributed by atoms with E-state index in [0.29, 0.717) is 6.42 Å². The van der Waals surface area contributed by atoms with Crippen LogP contribution in [0.1, 0.15) is 33.1 Å². The topological polar surface area (TPSA) is 77.2 Å². The maximum absolute atomic E-state index is 11.5. The van der Waals surface area contributed by atoms with Gasteiger partial charge in [-0.3, -0.25) is 4.79 Å². The zero-order chi connectivity index (χ0) is 11.4. The average Bonchev–Trinajstić information content (AvgIpc) is 1.98. The zero-order valence-corrected chi connectivity index (χ0v) is 9.86. The Hall–Kier alpha value is -0.420. The van der Waals surface area contributed by atoms with Crippen LogP contribution >= 0.6 is 0 Å². The second kappa shape index (κ2) is 4.89. The lowest BCUT2D eigenvalue weighted by Crippen LogP contribution is -2.45. The van der Waals surface area contributed by atoms with Gasteiger partial charge >= 0.3 is 0 Å². The van der Waals surface area contributed by atoms with Gasteiger partial charge in [0.2, 0.25) is 0 Å². The number of hydrogen-bond donors (Lipinski definition) is 1. The highest BCUT2D eigenvalue weighted by molar-refractivity contribution is 7.90. The summed E-state index contributed by atoms with van der Waals surface area (Å²) in [4.78, 5) is 11.5. The fourth-order valence-electron chi connectivity index (χ4n) is 1.22. The van der Waals surface area contributed by atoms with E-state index in [1.54, 1.807) is 6.92 Å². The third-order valence-corrected chi connectivity index (χ3v) is 3.05. The van der Waals surface area contributed by atoms with Gasteiger partial charge in [-0.05, 0) is 13.3 Å². The molecule has 0 saturated heterocycles. The highest BCUT2D eigenvalue weighted by Crippen LogP contribution is 2.12. The second-order valence-electron chi connectivity index (χ2n) is 3.97. The van der Waals surface area contributed by atoms with Crippen LogP contribution in [0.3, 0.4) is 0 Å². The van der Waals surface area contributed by atoms with E-state index in [1.807, 2.05) is 6.92 Å². The molecule has 2 N–H and O–H groups in total. The lowest BCUT2D eigenvalue weighted by Gasteiger charge is -2.21. The molecule has 0 amide bonds. The molecule has 4 nitrogen and oxygen atoms in total. The monoisotopic (exact) mass is 221 g/mol. The Kier molecular flexibility index (Phi) is 4.74. The molecule has 14 heavy (non-hydrogen) atoms. The van der Waals surface area contributed by atoms with Crippen molar-refractivity contribution in [1.29, 1.82) is 0 Å². The number of ketones is 1. The van der Waals surface area contributed by atoms with Crippen molar-refractivity contribution in [2.75, 3.05) is 12.0 Å². The predicted molar refractivity (Wildman–Crippen MR) is 56.8 cm³/mol. The Labute approximate surface area is 85.8 Å². The van der Waals surface area contributed by atoms with Crippen molar-refractivity contribution in [3.63, 3.8) is 0 Å². The summed E-state index contributed by atoms with van der Waals surface area (Å²) in [5.41, 5.74) is 4.88. The molecule has 84 valence electrons. The normalized spacial score (nSPS) is 16.3. The van der Waals surface area contributed by atoms with Crippen molar-refractivity contribution in [2.24, 2.45) is 5.73 Å². The summed E-state index contributed by atoms with van der Waals surface area (Å²) in [5.74, 6) is -0.285. The van der Waals surface area contributed by atoms with Gasteiger partial charge in [-0.1, -0.05) is 13.3 Å². The van der Waals surface area contributed by atoms with Crippen molar-refractivity contribution < 1.29 is 13.2 Å². The largest absolute Gasteiger partial charge is 0.319 e. The molecule has 0 spiro atoms. The summed E-state index contributed by atoms with van der Waals surface area (Å²) in [7, 11) is -3.07. The minimum atomic E-state index is -3.07. The van der Waals surface area contributed by atoms with Gasteiger partial charge in [0.05, 0.1) is 11.3 Å². The van der Waals surface area contributed by atoms with Crippen LogP contribution in [0.25, 0.3) is 0 Å². The van der Waals surface area contributed by atoms with Crippen LogP contribution in [0.15, 0.2) is 0 Å². The first kappa shape index (κ1) is 13.6. The lowest BCUT2D eigenvalue weighted by atomic mass is 9.91. The molecule has 0 aromatic rings. The van der Waals surface area contributed by atoms with Gasteiger partial charge in [0.25, 0.3) is 0 Å². The fourth-order valence-corrected chi connectivity index (χ4v) is 1.78. The van der Waals surface area contributed by atoms with Crippen molar-refractivity contribution in [3.05, 3.63) is 0 Å². The van der Waals surface area contributed by atoms with Gasteiger partial charge in [-0.2, -0.15) is 0 Å². The van der Waals surface area contributed by atoms with E-state index in [4.69, 9.17) is 5.73 Å². The van der Waals surface area contributed by atoms with Gasteiger partial charge in [0.1, 0.15) is 9.84 Å². The number of carbonyl (C=O) groups excluding carboxylic acids is 1. The molecule has 0 rings (SSSR count). The number of rotatable bonds is 6. The number of sulfone groups is 1. The van der Waals surface area contributed by atoms with Crippen LogP contribution in [0.5, 0.6) is 0 Å². The van der Waals surface area contributed by atoms with Crippen molar-refractivity contribution in [3.8, 4) is 0 Å². The third kappa shape index (κ3) is 5.34. The van der Waals surface area contributed by atoms with E-state index < -0.39 is 15.4 Å². The summed E-state index contributed by atoms with van der Waals surface area (Å²) < 4.78 is 21.7. The first-order valence-electron chi connectivity index (χ1n) is 4.69. The molecule has 0 heterocycles. The smallest absolute Gasteiger partial charge is 0.153 e. The minimum Gasteiger partial charge on any atom is -0.319 e. The van der Waals surface area contributed by atoms with Gasteiger partial charge in [0.15, 0.2) is 5.78 Å². The van der Waals surface area contributed by atoms with E-state index >= 15 is 0 Å². The summed E-state index contributed by atoms with van der Waals surface area (Å²) in [6, 6.07) is 0. The van der Waals surface area contributed by atoms with Crippen molar-refractivity contribution in [1.82, 2.24) is 0 Å². The molecular weight excluding hydrogens is 202 g/mol. The maximum atomic E-state index is 11.5. The van der Waals surface area contributed by atoms with Crippen LogP contribution < -0.4 is 5.73 Å². The minimum absolute atomic E-state index is 0.0197. The molecule has 0 radical (unpaired) electrons. The Morgan fingerprint density at radius 1 is 1.43 bits per heavy atom. The van der Waals surface area contributed by atoms with E-state index in [2.05, 4.69) is 0 Å². The van der Waals surface area contributed by atoms with Gasteiger partial charge < -0.3 is 5.73 Å². The quantitative estimate of drug-likeness (QED) is 0.709. The summed E-state index contributed by atoms with van der Waals surface area (Å²) in [6.07, 6.45) is 2.55. The van der Waals surface area contributed by atoms with Crippen LogP contribution in [0.4, 0.5) is 0 Å². The number of carbonyl (C=O) groups is 1. The predicted octanol–water partition coefficient (Wildman–Crippen LogP) is 0.508. The molecule has 0 aromatic carbocycles. The first-order chi connectivity index (χ1) is 6.19. The van der Waals surface area contributed by atoms with E-state index in [-0.39, 0.29) is 18.0 Å². The van der Waals surface area contributed by atoms with E-state index in [1.165, 1.54) is 0 Å². The fraction of sp³-hybridized carbons (Fsp3) is 0.889. The Bertz CT molecular complexity index is 293. The van der Waals surface area contributed by atoms with Gasteiger partial charge in [-0.15, -0.1) is 0 Å². The van der Waals surface area contributed by atoms with Crippen molar-refractivity contribution >= 4 is 15.6 Å². The van der Waals surface area contributed by atoms with Crippen LogP contribution in [0.2, 0.25) is 0 Å². The van der Waals surface area contributed by atoms with Crippen molar-refractivity contribution in [2.45, 2.75) is 38.6 Å². The molecule has 1 unspecified atom stereocenters. The Morgan fingerprint density at radius 3 is 2.29 bits per heavy atom. The van der Waals surface area contributed by atoms with E-state index in [0.717, 1.165) is 12.7 Å². The number of Topliss-reactive ketones (excluding diaryl/α,β-unsaturated/α-hetero) is 1. The SMILES string of the molecule is CCCC(C)(N)C(=O)CCS(C)(=O)=O. The molecule has 0 aliphatic rings. The molecule has 0 aliphatic carbocycles. The molecular formula is C9H19NO3S. The van der Waals surface area contributed by atoms with Gasteiger partial charge in [-0.25, -0.2) is 8.42 Å². The van der Waals surface area contributed by atoms with Crippen LogP contribution in [-0.4, -0.2) is 31.7 Å². The van der Waals surface area contributed by atoms with E-state index in [9.17, 15) is 13.2 Å². The highest BCUT2D eigenvalue weighted by Gasteiger charge is 2.27. The molecule has 0 aromatic heterocycles. The lowest BCUT2D eigenvalue weighted by molar-refractivity contribution is -0.123. The maximum Gasteiger partial charge on any atom is 0.153 e. The summed E-state index contributed by atoms with van der Waals surface area (Å²) in [6.45, 7) is 3.59. The molecule has 0 bridgehead atoms. The molecule has 5 heteroatoms. The van der Waals surface area contributed by atoms with Crippen LogP contribution in [-0.2, 0) is 14.6 Å². The van der Waals surface area contributed by atoms with Gasteiger partial charge in [0, 0.05) is 12.7 Å². The highest BCUT2D eigenvalue weighted by atomic mass is 32.2. The Balaban J connectivity index is 4.22. The number of hydrogen-bond acceptors (Lipinski definition) is 4. The Morgan fingerprint density at radius 2 is 1.93 bits per heavy atom. The molecule has 0 aliphatic heterocycles. The molecule has 0 fully saturated rings.